The van der Waals surface area contributed by atoms with Gasteiger partial charge in [-0.2, -0.15) is 0 Å². The first kappa shape index (κ1) is 16.7. The fraction of sp³-hybridized carbons (Fsp3) is 0.235. The Morgan fingerprint density at radius 3 is 2.71 bits per heavy atom. The highest BCUT2D eigenvalue weighted by atomic mass is 35.5. The number of hydrogen-bond donors (Lipinski definition) is 2. The Hall–Kier alpha value is -2.18. The lowest BCUT2D eigenvalue weighted by atomic mass is 10.1. The van der Waals surface area contributed by atoms with E-state index in [-0.39, 0.29) is 11.2 Å². The van der Waals surface area contributed by atoms with Crippen molar-refractivity contribution >= 4 is 44.9 Å². The topological polar surface area (TPSA) is 66.9 Å². The first-order valence-corrected chi connectivity index (χ1v) is 8.81. The van der Waals surface area contributed by atoms with Crippen LogP contribution in [0.25, 0.3) is 10.2 Å². The van der Waals surface area contributed by atoms with Gasteiger partial charge in [-0.05, 0) is 49.2 Å². The smallest absolute Gasteiger partial charge is 0.251 e. The van der Waals surface area contributed by atoms with Gasteiger partial charge in [0.2, 0.25) is 5.28 Å². The zero-order valence-corrected chi connectivity index (χ0v) is 15.0. The first-order chi connectivity index (χ1) is 11.6. The average molecular weight is 361 g/mol. The second-order valence-electron chi connectivity index (χ2n) is 5.33. The highest BCUT2D eigenvalue weighted by Gasteiger charge is 2.10. The van der Waals surface area contributed by atoms with Crippen LogP contribution in [-0.4, -0.2) is 22.4 Å². The summed E-state index contributed by atoms with van der Waals surface area (Å²) in [7, 11) is 0. The van der Waals surface area contributed by atoms with Crippen LogP contribution in [0.1, 0.15) is 27.7 Å². The number of benzene rings is 1. The monoisotopic (exact) mass is 360 g/mol. The van der Waals surface area contributed by atoms with E-state index in [1.807, 2.05) is 38.1 Å². The lowest BCUT2D eigenvalue weighted by Crippen LogP contribution is -2.22. The van der Waals surface area contributed by atoms with Gasteiger partial charge in [0, 0.05) is 23.5 Å². The maximum atomic E-state index is 11.8. The number of hydrogen-bond acceptors (Lipinski definition) is 5. The summed E-state index contributed by atoms with van der Waals surface area (Å²) in [5, 5.41) is 7.29. The summed E-state index contributed by atoms with van der Waals surface area (Å²) >= 11 is 7.59. The van der Waals surface area contributed by atoms with Crippen LogP contribution < -0.4 is 10.6 Å². The number of anilines is 1. The van der Waals surface area contributed by atoms with Crippen molar-refractivity contribution in [1.82, 2.24) is 15.3 Å². The van der Waals surface area contributed by atoms with E-state index in [1.54, 1.807) is 11.3 Å². The zero-order valence-electron chi connectivity index (χ0n) is 13.4. The Balaban J connectivity index is 1.75. The average Bonchev–Trinajstić information content (AvgIpc) is 2.93. The van der Waals surface area contributed by atoms with Crippen LogP contribution in [0.15, 0.2) is 30.3 Å². The van der Waals surface area contributed by atoms with Gasteiger partial charge < -0.3 is 10.6 Å². The standard InChI is InChI=1S/C17H17ClN4OS/c1-3-19-15(23)12-6-4-11(5-7-12)9-20-14-13-8-10(2)24-16(13)22-17(18)21-14/h4-8H,3,9H2,1-2H3,(H,19,23)(H,20,21,22). The van der Waals surface area contributed by atoms with Crippen molar-refractivity contribution in [3.05, 3.63) is 51.6 Å². The van der Waals surface area contributed by atoms with E-state index in [4.69, 9.17) is 11.6 Å². The molecule has 3 rings (SSSR count). The molecule has 0 radical (unpaired) electrons. The first-order valence-electron chi connectivity index (χ1n) is 7.61. The number of carbonyl (C=O) groups is 1. The van der Waals surface area contributed by atoms with E-state index in [0.717, 1.165) is 26.5 Å². The summed E-state index contributed by atoms with van der Waals surface area (Å²) in [6, 6.07) is 9.54. The summed E-state index contributed by atoms with van der Waals surface area (Å²) in [5.41, 5.74) is 1.71. The van der Waals surface area contributed by atoms with Crippen molar-refractivity contribution < 1.29 is 4.79 Å². The fourth-order valence-corrected chi connectivity index (χ4v) is 3.47. The number of nitrogens with zero attached hydrogens (tertiary/aromatic N) is 2. The fourth-order valence-electron chi connectivity index (χ4n) is 2.37. The zero-order chi connectivity index (χ0) is 17.1. The Morgan fingerprint density at radius 2 is 2.00 bits per heavy atom. The summed E-state index contributed by atoms with van der Waals surface area (Å²) in [4.78, 5) is 22.3. The quantitative estimate of drug-likeness (QED) is 0.674. The molecule has 0 bridgehead atoms. The van der Waals surface area contributed by atoms with Crippen LogP contribution in [0.5, 0.6) is 0 Å². The normalized spacial score (nSPS) is 10.8. The molecular formula is C17H17ClN4OS. The number of carbonyl (C=O) groups excluding carboxylic acids is 1. The molecule has 2 aromatic heterocycles. The maximum Gasteiger partial charge on any atom is 0.251 e. The molecule has 0 saturated carbocycles. The predicted octanol–water partition coefficient (Wildman–Crippen LogP) is 4.01. The van der Waals surface area contributed by atoms with Crippen LogP contribution in [0, 0.1) is 6.92 Å². The molecule has 0 aliphatic rings. The van der Waals surface area contributed by atoms with Gasteiger partial charge in [-0.3, -0.25) is 4.79 Å². The Bertz CT molecular complexity index is 876. The highest BCUT2D eigenvalue weighted by molar-refractivity contribution is 7.18. The van der Waals surface area contributed by atoms with E-state index >= 15 is 0 Å². The Morgan fingerprint density at radius 1 is 1.25 bits per heavy atom. The molecule has 0 aliphatic heterocycles. The molecule has 2 heterocycles. The molecule has 0 spiro atoms. The van der Waals surface area contributed by atoms with E-state index in [1.165, 1.54) is 0 Å². The van der Waals surface area contributed by atoms with Gasteiger partial charge in [0.05, 0.1) is 5.39 Å². The van der Waals surface area contributed by atoms with Crippen molar-refractivity contribution in [2.45, 2.75) is 20.4 Å². The summed E-state index contributed by atoms with van der Waals surface area (Å²) in [6.07, 6.45) is 0. The van der Waals surface area contributed by atoms with Crippen molar-refractivity contribution in [3.63, 3.8) is 0 Å². The second kappa shape index (κ2) is 7.15. The molecule has 0 fully saturated rings. The third-order valence-electron chi connectivity index (χ3n) is 3.50. The van der Waals surface area contributed by atoms with Crippen LogP contribution in [0.2, 0.25) is 5.28 Å². The lowest BCUT2D eigenvalue weighted by molar-refractivity contribution is 0.0956. The minimum absolute atomic E-state index is 0.0601. The van der Waals surface area contributed by atoms with E-state index < -0.39 is 0 Å². The van der Waals surface area contributed by atoms with Crippen molar-refractivity contribution in [2.75, 3.05) is 11.9 Å². The molecule has 3 aromatic rings. The molecule has 1 aromatic carbocycles. The largest absolute Gasteiger partial charge is 0.365 e. The minimum Gasteiger partial charge on any atom is -0.365 e. The molecule has 7 heteroatoms. The van der Waals surface area contributed by atoms with Crippen molar-refractivity contribution in [1.29, 1.82) is 0 Å². The lowest BCUT2D eigenvalue weighted by Gasteiger charge is -2.08. The van der Waals surface area contributed by atoms with Crippen molar-refractivity contribution in [3.8, 4) is 0 Å². The molecule has 0 atom stereocenters. The van der Waals surface area contributed by atoms with E-state index in [9.17, 15) is 4.79 Å². The number of nitrogens with one attached hydrogen (secondary N) is 2. The molecular weight excluding hydrogens is 344 g/mol. The minimum atomic E-state index is -0.0601. The summed E-state index contributed by atoms with van der Waals surface area (Å²) in [5.74, 6) is 0.664. The van der Waals surface area contributed by atoms with Gasteiger partial charge in [-0.15, -0.1) is 11.3 Å². The molecule has 1 amide bonds. The van der Waals surface area contributed by atoms with Crippen LogP contribution in [0.4, 0.5) is 5.82 Å². The van der Waals surface area contributed by atoms with Gasteiger partial charge in [0.1, 0.15) is 10.6 Å². The van der Waals surface area contributed by atoms with Crippen molar-refractivity contribution in [2.24, 2.45) is 0 Å². The van der Waals surface area contributed by atoms with Gasteiger partial charge >= 0.3 is 0 Å². The molecule has 24 heavy (non-hydrogen) atoms. The Labute approximate surface area is 149 Å². The highest BCUT2D eigenvalue weighted by Crippen LogP contribution is 2.29. The second-order valence-corrected chi connectivity index (χ2v) is 6.90. The van der Waals surface area contributed by atoms with Crippen LogP contribution in [-0.2, 0) is 6.54 Å². The van der Waals surface area contributed by atoms with Gasteiger partial charge in [-0.25, -0.2) is 9.97 Å². The van der Waals surface area contributed by atoms with Gasteiger partial charge in [0.25, 0.3) is 5.91 Å². The molecule has 5 nitrogen and oxygen atoms in total. The SMILES string of the molecule is CCNC(=O)c1ccc(CNc2nc(Cl)nc3sc(C)cc23)cc1. The maximum absolute atomic E-state index is 11.8. The van der Waals surface area contributed by atoms with Crippen LogP contribution in [0.3, 0.4) is 0 Å². The summed E-state index contributed by atoms with van der Waals surface area (Å²) in [6.45, 7) is 5.14. The number of rotatable bonds is 5. The number of amides is 1. The number of halogens is 1. The molecule has 0 saturated heterocycles. The molecule has 2 N–H and O–H groups in total. The third-order valence-corrected chi connectivity index (χ3v) is 4.62. The number of thiophene rings is 1. The van der Waals surface area contributed by atoms with Gasteiger partial charge in [0.15, 0.2) is 0 Å². The van der Waals surface area contributed by atoms with E-state index in [0.29, 0.717) is 18.7 Å². The molecule has 0 aliphatic carbocycles. The van der Waals surface area contributed by atoms with Gasteiger partial charge in [-0.1, -0.05) is 12.1 Å². The van der Waals surface area contributed by atoms with Crippen LogP contribution >= 0.6 is 22.9 Å². The Kier molecular flexibility index (Phi) is 4.97. The number of aryl methyl sites for hydroxylation is 1. The predicted molar refractivity (Wildman–Crippen MR) is 98.9 cm³/mol. The van der Waals surface area contributed by atoms with E-state index in [2.05, 4.69) is 26.7 Å². The third kappa shape index (κ3) is 3.66. The number of aromatic nitrogens is 2. The summed E-state index contributed by atoms with van der Waals surface area (Å²) < 4.78 is 0. The number of fused-ring (bicyclic) bond motifs is 1. The molecule has 0 unspecified atom stereocenters. The molecule has 124 valence electrons.